The van der Waals surface area contributed by atoms with Crippen LogP contribution in [0.5, 0.6) is 0 Å². The second-order valence-electron chi connectivity index (χ2n) is 4.33. The Morgan fingerprint density at radius 1 is 1.64 bits per heavy atom. The first kappa shape index (κ1) is 11.5. The lowest BCUT2D eigenvalue weighted by molar-refractivity contribution is -0.140. The van der Waals surface area contributed by atoms with Gasteiger partial charge in [0.05, 0.1) is 6.10 Å². The number of hydrogen-bond donors (Lipinski definition) is 2. The van der Waals surface area contributed by atoms with Crippen molar-refractivity contribution in [1.29, 1.82) is 0 Å². The van der Waals surface area contributed by atoms with Crippen molar-refractivity contribution in [3.63, 3.8) is 0 Å². The van der Waals surface area contributed by atoms with Crippen molar-refractivity contribution >= 4 is 5.91 Å². The van der Waals surface area contributed by atoms with E-state index < -0.39 is 11.7 Å². The zero-order valence-electron chi connectivity index (χ0n) is 9.04. The van der Waals surface area contributed by atoms with Crippen molar-refractivity contribution in [3.8, 4) is 0 Å². The van der Waals surface area contributed by atoms with Crippen LogP contribution in [0.4, 0.5) is 0 Å². The fraction of sp³-hybridized carbons (Fsp3) is 0.900. The van der Waals surface area contributed by atoms with E-state index >= 15 is 0 Å². The minimum absolute atomic E-state index is 0.181. The number of rotatable bonds is 5. The first-order chi connectivity index (χ1) is 6.47. The van der Waals surface area contributed by atoms with Gasteiger partial charge in [-0.25, -0.2) is 0 Å². The lowest BCUT2D eigenvalue weighted by Crippen LogP contribution is -2.46. The lowest BCUT2D eigenvalue weighted by Gasteiger charge is -2.22. The van der Waals surface area contributed by atoms with E-state index in [-0.39, 0.29) is 5.91 Å². The monoisotopic (exact) mass is 201 g/mol. The molecule has 82 valence electrons. The van der Waals surface area contributed by atoms with Crippen LogP contribution in [0.25, 0.3) is 0 Å². The molecule has 1 amide bonds. The van der Waals surface area contributed by atoms with Gasteiger partial charge in [0.25, 0.3) is 5.91 Å². The number of amides is 1. The Labute approximate surface area is 84.6 Å². The minimum Gasteiger partial charge on any atom is -0.391 e. The Kier molecular flexibility index (Phi) is 3.50. The Hall–Kier alpha value is -0.610. The number of ether oxygens (including phenoxy) is 1. The third kappa shape index (κ3) is 2.96. The average Bonchev–Trinajstić information content (AvgIpc) is 2.96. The normalized spacial score (nSPS) is 19.1. The maximum atomic E-state index is 11.5. The molecule has 0 spiro atoms. The van der Waals surface area contributed by atoms with E-state index in [1.807, 2.05) is 0 Å². The van der Waals surface area contributed by atoms with Gasteiger partial charge in [0.2, 0.25) is 0 Å². The van der Waals surface area contributed by atoms with E-state index in [0.717, 1.165) is 12.8 Å². The summed E-state index contributed by atoms with van der Waals surface area (Å²) in [7, 11) is 1.50. The molecule has 0 aromatic rings. The van der Waals surface area contributed by atoms with E-state index in [9.17, 15) is 9.90 Å². The van der Waals surface area contributed by atoms with Gasteiger partial charge in [-0.1, -0.05) is 0 Å². The lowest BCUT2D eigenvalue weighted by atomic mass is 10.1. The minimum atomic E-state index is -0.816. The number of carbonyl (C=O) groups excluding carboxylic acids is 1. The predicted molar refractivity (Wildman–Crippen MR) is 52.8 cm³/mol. The Balaban J connectivity index is 2.26. The van der Waals surface area contributed by atoms with Crippen LogP contribution in [0.2, 0.25) is 0 Å². The van der Waals surface area contributed by atoms with Gasteiger partial charge in [-0.15, -0.1) is 0 Å². The van der Waals surface area contributed by atoms with Crippen LogP contribution < -0.4 is 5.32 Å². The van der Waals surface area contributed by atoms with Crippen molar-refractivity contribution < 1.29 is 14.6 Å². The molecule has 14 heavy (non-hydrogen) atoms. The number of hydrogen-bond acceptors (Lipinski definition) is 3. The molecule has 0 aromatic heterocycles. The molecule has 1 aliphatic rings. The maximum absolute atomic E-state index is 11.5. The van der Waals surface area contributed by atoms with E-state index in [2.05, 4.69) is 5.32 Å². The third-order valence-corrected chi connectivity index (χ3v) is 2.70. The van der Waals surface area contributed by atoms with Crippen LogP contribution in [0.15, 0.2) is 0 Å². The Morgan fingerprint density at radius 2 is 2.21 bits per heavy atom. The van der Waals surface area contributed by atoms with Crippen LogP contribution in [0.3, 0.4) is 0 Å². The molecule has 4 nitrogen and oxygen atoms in total. The quantitative estimate of drug-likeness (QED) is 0.672. The molecule has 1 saturated carbocycles. The second-order valence-corrected chi connectivity index (χ2v) is 4.33. The van der Waals surface area contributed by atoms with Gasteiger partial charge < -0.3 is 15.2 Å². The summed E-state index contributed by atoms with van der Waals surface area (Å²) in [4.78, 5) is 11.5. The summed E-state index contributed by atoms with van der Waals surface area (Å²) in [5.41, 5.74) is -0.816. The topological polar surface area (TPSA) is 58.6 Å². The largest absolute Gasteiger partial charge is 0.391 e. The van der Waals surface area contributed by atoms with Crippen molar-refractivity contribution in [2.24, 2.45) is 5.92 Å². The summed E-state index contributed by atoms with van der Waals surface area (Å²) in [6.07, 6.45) is 1.75. The second kappa shape index (κ2) is 4.28. The molecule has 0 saturated heterocycles. The molecule has 0 bridgehead atoms. The van der Waals surface area contributed by atoms with E-state index in [1.54, 1.807) is 13.8 Å². The van der Waals surface area contributed by atoms with Gasteiger partial charge in [0.1, 0.15) is 5.60 Å². The highest BCUT2D eigenvalue weighted by molar-refractivity contribution is 5.84. The molecule has 1 fully saturated rings. The molecule has 1 atom stereocenters. The van der Waals surface area contributed by atoms with Crippen LogP contribution in [0.1, 0.15) is 26.7 Å². The number of carbonyl (C=O) groups is 1. The average molecular weight is 201 g/mol. The summed E-state index contributed by atoms with van der Waals surface area (Å²) in [6, 6.07) is 0. The first-order valence-corrected chi connectivity index (χ1v) is 4.99. The zero-order valence-corrected chi connectivity index (χ0v) is 9.04. The highest BCUT2D eigenvalue weighted by Crippen LogP contribution is 2.32. The Morgan fingerprint density at radius 3 is 2.64 bits per heavy atom. The first-order valence-electron chi connectivity index (χ1n) is 4.99. The molecule has 1 rings (SSSR count). The molecule has 0 radical (unpaired) electrons. The summed E-state index contributed by atoms with van der Waals surface area (Å²) >= 11 is 0. The van der Waals surface area contributed by atoms with Crippen molar-refractivity contribution in [2.75, 3.05) is 13.7 Å². The highest BCUT2D eigenvalue weighted by atomic mass is 16.5. The molecule has 0 aliphatic heterocycles. The molecular weight excluding hydrogens is 182 g/mol. The Bertz CT molecular complexity index is 211. The third-order valence-electron chi connectivity index (χ3n) is 2.70. The van der Waals surface area contributed by atoms with Crippen molar-refractivity contribution in [2.45, 2.75) is 38.4 Å². The number of methoxy groups -OCH3 is 1. The fourth-order valence-electron chi connectivity index (χ4n) is 1.15. The van der Waals surface area contributed by atoms with Gasteiger partial charge >= 0.3 is 0 Å². The van der Waals surface area contributed by atoms with E-state index in [1.165, 1.54) is 7.11 Å². The summed E-state index contributed by atoms with van der Waals surface area (Å²) in [5, 5.41) is 12.2. The van der Waals surface area contributed by atoms with Gasteiger partial charge in [0.15, 0.2) is 0 Å². The highest BCUT2D eigenvalue weighted by Gasteiger charge is 2.32. The van der Waals surface area contributed by atoms with E-state index in [0.29, 0.717) is 12.5 Å². The van der Waals surface area contributed by atoms with Gasteiger partial charge in [-0.2, -0.15) is 0 Å². The molecule has 0 heterocycles. The van der Waals surface area contributed by atoms with Gasteiger partial charge in [-0.3, -0.25) is 4.79 Å². The fourth-order valence-corrected chi connectivity index (χ4v) is 1.15. The number of aliphatic hydroxyl groups is 1. The van der Waals surface area contributed by atoms with Crippen LogP contribution >= 0.6 is 0 Å². The molecule has 1 aliphatic carbocycles. The smallest absolute Gasteiger partial charge is 0.251 e. The molecule has 0 aromatic carbocycles. The zero-order chi connectivity index (χ0) is 10.8. The maximum Gasteiger partial charge on any atom is 0.251 e. The SMILES string of the molecule is COC(C)(C)C(=O)NCC(O)C1CC1. The molecule has 2 N–H and O–H groups in total. The summed E-state index contributed by atoms with van der Waals surface area (Å²) < 4.78 is 5.01. The van der Waals surface area contributed by atoms with Gasteiger partial charge in [0, 0.05) is 13.7 Å². The summed E-state index contributed by atoms with van der Waals surface area (Å²) in [5.74, 6) is 0.209. The number of aliphatic hydroxyl groups excluding tert-OH is 1. The molecule has 4 heteroatoms. The summed E-state index contributed by atoms with van der Waals surface area (Å²) in [6.45, 7) is 3.73. The van der Waals surface area contributed by atoms with Crippen LogP contribution in [-0.2, 0) is 9.53 Å². The van der Waals surface area contributed by atoms with Gasteiger partial charge in [-0.05, 0) is 32.6 Å². The molecular formula is C10H19NO3. The number of nitrogens with one attached hydrogen (secondary N) is 1. The van der Waals surface area contributed by atoms with Crippen LogP contribution in [0, 0.1) is 5.92 Å². The van der Waals surface area contributed by atoms with Crippen molar-refractivity contribution in [1.82, 2.24) is 5.32 Å². The standard InChI is InChI=1S/C10H19NO3/c1-10(2,14-3)9(13)11-6-8(12)7-4-5-7/h7-8,12H,4-6H2,1-3H3,(H,11,13). The van der Waals surface area contributed by atoms with Crippen molar-refractivity contribution in [3.05, 3.63) is 0 Å². The molecule has 1 unspecified atom stereocenters. The van der Waals surface area contributed by atoms with E-state index in [4.69, 9.17) is 4.74 Å². The van der Waals surface area contributed by atoms with Crippen LogP contribution in [-0.4, -0.2) is 36.4 Å². The predicted octanol–water partition coefficient (Wildman–Crippen LogP) is 0.298.